The van der Waals surface area contributed by atoms with Crippen molar-refractivity contribution >= 4 is 5.65 Å². The molecule has 0 radical (unpaired) electrons. The first-order valence-electron chi connectivity index (χ1n) is 4.70. The summed E-state index contributed by atoms with van der Waals surface area (Å²) in [5, 5.41) is 40.5. The maximum absolute atomic E-state index is 11.4. The highest BCUT2D eigenvalue weighted by Gasteiger charge is 2.46. The minimum atomic E-state index is -2.96. The van der Waals surface area contributed by atoms with Crippen LogP contribution >= 0.6 is 0 Å². The fourth-order valence-corrected chi connectivity index (χ4v) is 1.46. The van der Waals surface area contributed by atoms with Gasteiger partial charge in [-0.1, -0.05) is 0 Å². The van der Waals surface area contributed by atoms with Gasteiger partial charge in [-0.25, -0.2) is 4.98 Å². The summed E-state index contributed by atoms with van der Waals surface area (Å²) >= 11 is 0. The van der Waals surface area contributed by atoms with Crippen LogP contribution in [-0.4, -0.2) is 40.8 Å². The van der Waals surface area contributed by atoms with E-state index in [9.17, 15) is 25.2 Å². The normalized spacial score (nSPS) is 13.2. The Morgan fingerprint density at radius 3 is 2.53 bits per heavy atom. The molecule has 2 aromatic heterocycles. The second-order valence-electron chi connectivity index (χ2n) is 3.82. The van der Waals surface area contributed by atoms with E-state index in [-0.39, 0.29) is 11.2 Å². The molecule has 0 aliphatic carbocycles. The Labute approximate surface area is 94.4 Å². The monoisotopic (exact) mass is 241 g/mol. The number of nitrogens with one attached hydrogen (secondary N) is 1. The molecule has 0 aliphatic heterocycles. The van der Waals surface area contributed by atoms with E-state index in [1.54, 1.807) is 0 Å². The summed E-state index contributed by atoms with van der Waals surface area (Å²) in [6.45, 7) is 0.807. The Balaban J connectivity index is 2.77. The maximum Gasteiger partial charge on any atom is 0.271 e. The Kier molecular flexibility index (Phi) is 2.33. The molecule has 0 unspecified atom stereocenters. The fourth-order valence-electron chi connectivity index (χ4n) is 1.46. The third kappa shape index (κ3) is 1.63. The van der Waals surface area contributed by atoms with Crippen molar-refractivity contribution in [2.45, 2.75) is 18.5 Å². The largest absolute Gasteiger partial charge is 0.361 e. The minimum absolute atomic E-state index is 0.100. The van der Waals surface area contributed by atoms with Crippen LogP contribution in [0.5, 0.6) is 0 Å². The van der Waals surface area contributed by atoms with Crippen molar-refractivity contribution in [2.75, 3.05) is 0 Å². The zero-order valence-electron chi connectivity index (χ0n) is 8.82. The van der Waals surface area contributed by atoms with E-state index in [1.807, 2.05) is 0 Å². The number of nitrogens with zero attached hydrogens (tertiary/aromatic N) is 2. The summed E-state index contributed by atoms with van der Waals surface area (Å²) in [6, 6.07) is 2.12. The summed E-state index contributed by atoms with van der Waals surface area (Å²) < 4.78 is 0.947. The van der Waals surface area contributed by atoms with E-state index in [0.29, 0.717) is 0 Å². The van der Waals surface area contributed by atoms with Crippen LogP contribution < -0.4 is 5.56 Å². The molecule has 2 heterocycles. The molecule has 2 rings (SSSR count). The van der Waals surface area contributed by atoms with Crippen LogP contribution in [0.1, 0.15) is 12.5 Å². The second-order valence-corrected chi connectivity index (χ2v) is 3.82. The summed E-state index contributed by atoms with van der Waals surface area (Å²) in [7, 11) is 0. The molecule has 0 saturated carbocycles. The third-order valence-corrected chi connectivity index (χ3v) is 2.48. The molecule has 0 atom stereocenters. The van der Waals surface area contributed by atoms with Crippen molar-refractivity contribution in [3.63, 3.8) is 0 Å². The number of aromatic amines is 1. The van der Waals surface area contributed by atoms with Crippen LogP contribution in [-0.2, 0) is 5.79 Å². The average molecular weight is 241 g/mol. The molecule has 0 bridgehead atoms. The van der Waals surface area contributed by atoms with Gasteiger partial charge >= 0.3 is 0 Å². The van der Waals surface area contributed by atoms with Crippen LogP contribution in [0.3, 0.4) is 0 Å². The minimum Gasteiger partial charge on any atom is -0.361 e. The molecule has 8 heteroatoms. The first-order valence-corrected chi connectivity index (χ1v) is 4.70. The van der Waals surface area contributed by atoms with Gasteiger partial charge in [-0.05, 0) is 13.0 Å². The molecule has 92 valence electrons. The van der Waals surface area contributed by atoms with Gasteiger partial charge in [0.1, 0.15) is 6.33 Å². The highest BCUT2D eigenvalue weighted by molar-refractivity contribution is 5.49. The lowest BCUT2D eigenvalue weighted by molar-refractivity contribution is -0.357. The highest BCUT2D eigenvalue weighted by Crippen LogP contribution is 2.29. The van der Waals surface area contributed by atoms with Gasteiger partial charge in [-0.15, -0.1) is 0 Å². The lowest BCUT2D eigenvalue weighted by Gasteiger charge is -2.32. The first kappa shape index (κ1) is 11.7. The molecule has 0 saturated heterocycles. The molecule has 0 amide bonds. The lowest BCUT2D eigenvalue weighted by atomic mass is 9.99. The third-order valence-electron chi connectivity index (χ3n) is 2.48. The molecule has 2 aromatic rings. The van der Waals surface area contributed by atoms with Gasteiger partial charge in [0.05, 0.1) is 5.56 Å². The number of pyridine rings is 1. The van der Waals surface area contributed by atoms with Crippen LogP contribution in [0, 0.1) is 0 Å². The van der Waals surface area contributed by atoms with Gasteiger partial charge < -0.3 is 20.4 Å². The van der Waals surface area contributed by atoms with Crippen LogP contribution in [0.25, 0.3) is 5.65 Å². The van der Waals surface area contributed by atoms with Crippen molar-refractivity contribution in [1.82, 2.24) is 14.6 Å². The standard InChI is InChI=1S/C9H11N3O5/c1-8(14,15)9(16,17)5-2-3-6(13)12-7(5)10-4-11-12/h2-4,14-17H,1H3,(H,10,11). The van der Waals surface area contributed by atoms with E-state index in [1.165, 1.54) is 6.33 Å². The smallest absolute Gasteiger partial charge is 0.271 e. The summed E-state index contributed by atoms with van der Waals surface area (Å²) in [5.41, 5.74) is -0.864. The second kappa shape index (κ2) is 3.37. The van der Waals surface area contributed by atoms with E-state index in [2.05, 4.69) is 10.1 Å². The summed E-state index contributed by atoms with van der Waals surface area (Å²) in [4.78, 5) is 15.1. The van der Waals surface area contributed by atoms with Crippen LogP contribution in [0.2, 0.25) is 0 Å². The number of fused-ring (bicyclic) bond motifs is 1. The van der Waals surface area contributed by atoms with E-state index >= 15 is 0 Å². The highest BCUT2D eigenvalue weighted by atomic mass is 16.6. The Hall–Kier alpha value is -1.74. The molecule has 0 fully saturated rings. The Morgan fingerprint density at radius 2 is 1.94 bits per heavy atom. The molecular weight excluding hydrogens is 230 g/mol. The Morgan fingerprint density at radius 1 is 1.29 bits per heavy atom. The molecule has 17 heavy (non-hydrogen) atoms. The van der Waals surface area contributed by atoms with Gasteiger partial charge in [-0.2, -0.15) is 4.52 Å². The molecule has 5 N–H and O–H groups in total. The number of aromatic nitrogens is 3. The molecule has 8 nitrogen and oxygen atoms in total. The van der Waals surface area contributed by atoms with E-state index in [4.69, 9.17) is 0 Å². The first-order chi connectivity index (χ1) is 7.75. The predicted molar refractivity (Wildman–Crippen MR) is 54.8 cm³/mol. The van der Waals surface area contributed by atoms with Crippen LogP contribution in [0.4, 0.5) is 0 Å². The average Bonchev–Trinajstić information content (AvgIpc) is 2.65. The lowest BCUT2D eigenvalue weighted by Crippen LogP contribution is -2.50. The molecule has 0 aromatic carbocycles. The van der Waals surface area contributed by atoms with Crippen molar-refractivity contribution in [3.05, 3.63) is 34.4 Å². The van der Waals surface area contributed by atoms with Gasteiger partial charge in [-0.3, -0.25) is 9.89 Å². The molecule has 0 spiro atoms. The zero-order valence-corrected chi connectivity index (χ0v) is 8.82. The number of hydrogen-bond donors (Lipinski definition) is 5. The van der Waals surface area contributed by atoms with E-state index < -0.39 is 17.1 Å². The summed E-state index contributed by atoms with van der Waals surface area (Å²) in [5.74, 6) is -5.76. The number of aliphatic hydroxyl groups is 4. The topological polar surface area (TPSA) is 131 Å². The van der Waals surface area contributed by atoms with Gasteiger partial charge in [0.25, 0.3) is 5.56 Å². The quantitative estimate of drug-likeness (QED) is 0.381. The zero-order chi connectivity index (χ0) is 12.8. The van der Waals surface area contributed by atoms with Crippen molar-refractivity contribution in [2.24, 2.45) is 0 Å². The predicted octanol–water partition coefficient (Wildman–Crippen LogP) is -2.14. The fraction of sp³-hybridized carbons (Fsp3) is 0.333. The van der Waals surface area contributed by atoms with Crippen molar-refractivity contribution < 1.29 is 20.4 Å². The van der Waals surface area contributed by atoms with Crippen LogP contribution in [0.15, 0.2) is 23.3 Å². The van der Waals surface area contributed by atoms with Gasteiger partial charge in [0.2, 0.25) is 11.6 Å². The van der Waals surface area contributed by atoms with Crippen molar-refractivity contribution in [1.29, 1.82) is 0 Å². The number of H-pyrrole nitrogens is 1. The SMILES string of the molecule is CC(O)(O)C(O)(O)c1ccc(=O)n2[nH]cnc12. The maximum atomic E-state index is 11.4. The van der Waals surface area contributed by atoms with Gasteiger partial charge in [0.15, 0.2) is 5.65 Å². The number of rotatable bonds is 2. The molecule has 0 aliphatic rings. The number of hydrogen-bond acceptors (Lipinski definition) is 6. The van der Waals surface area contributed by atoms with Crippen molar-refractivity contribution in [3.8, 4) is 0 Å². The van der Waals surface area contributed by atoms with Gasteiger partial charge in [0, 0.05) is 6.07 Å². The van der Waals surface area contributed by atoms with E-state index in [0.717, 1.165) is 23.6 Å². The summed E-state index contributed by atoms with van der Waals surface area (Å²) in [6.07, 6.45) is 1.17. The Bertz CT molecular complexity index is 607. The molecular formula is C9H11N3O5.